The van der Waals surface area contributed by atoms with Crippen LogP contribution in [0.3, 0.4) is 0 Å². The third kappa shape index (κ3) is 3.70. The first-order valence-corrected chi connectivity index (χ1v) is 10.1. The smallest absolute Gasteiger partial charge is 0.127 e. The molecule has 0 amide bonds. The van der Waals surface area contributed by atoms with Crippen LogP contribution in [0.4, 0.5) is 0 Å². The van der Waals surface area contributed by atoms with Gasteiger partial charge in [-0.1, -0.05) is 78.9 Å². The number of nitrogens with zero attached hydrogens (tertiary/aromatic N) is 1. The van der Waals surface area contributed by atoms with Crippen LogP contribution in [0.5, 0.6) is 5.75 Å². The third-order valence-corrected chi connectivity index (χ3v) is 5.25. The predicted octanol–water partition coefficient (Wildman–Crippen LogP) is 6.78. The van der Waals surface area contributed by atoms with Gasteiger partial charge in [0.15, 0.2) is 0 Å². The lowest BCUT2D eigenvalue weighted by molar-refractivity contribution is 0.307. The number of imidazole rings is 1. The average Bonchev–Trinajstić information content (AvgIpc) is 3.18. The number of benzene rings is 4. The molecule has 0 bridgehead atoms. The van der Waals surface area contributed by atoms with Crippen molar-refractivity contribution in [1.29, 1.82) is 0 Å². The van der Waals surface area contributed by atoms with Crippen LogP contribution < -0.4 is 4.74 Å². The first kappa shape index (κ1) is 18.2. The largest absolute Gasteiger partial charge is 0.488 e. The number of rotatable bonds is 5. The van der Waals surface area contributed by atoms with Gasteiger partial charge in [0.1, 0.15) is 18.2 Å². The van der Waals surface area contributed by atoms with Gasteiger partial charge in [-0.3, -0.25) is 0 Å². The van der Waals surface area contributed by atoms with Gasteiger partial charge in [0.25, 0.3) is 0 Å². The van der Waals surface area contributed by atoms with Crippen molar-refractivity contribution in [3.63, 3.8) is 0 Å². The fraction of sp³-hybridized carbons (Fsp3) is 0.0741. The van der Waals surface area contributed by atoms with Gasteiger partial charge in [0, 0.05) is 5.56 Å². The molecular weight excluding hydrogens is 368 g/mol. The third-order valence-electron chi connectivity index (χ3n) is 5.25. The molecule has 0 spiro atoms. The van der Waals surface area contributed by atoms with Gasteiger partial charge < -0.3 is 9.72 Å². The van der Waals surface area contributed by atoms with E-state index in [0.717, 1.165) is 39.3 Å². The molecule has 1 N–H and O–H groups in total. The Morgan fingerprint density at radius 2 is 1.43 bits per heavy atom. The second kappa shape index (κ2) is 7.88. The van der Waals surface area contributed by atoms with Crippen molar-refractivity contribution in [2.75, 3.05) is 0 Å². The lowest BCUT2D eigenvalue weighted by Crippen LogP contribution is -1.96. The molecule has 3 nitrogen and oxygen atoms in total. The van der Waals surface area contributed by atoms with E-state index in [-0.39, 0.29) is 0 Å². The Morgan fingerprint density at radius 3 is 2.27 bits per heavy atom. The Hall–Kier alpha value is -3.85. The molecule has 0 saturated heterocycles. The van der Waals surface area contributed by atoms with Crippen molar-refractivity contribution in [2.45, 2.75) is 13.5 Å². The number of para-hydroxylation sites is 1. The lowest BCUT2D eigenvalue weighted by Gasteiger charge is -2.12. The molecule has 0 aliphatic rings. The van der Waals surface area contributed by atoms with Crippen molar-refractivity contribution in [3.05, 3.63) is 108 Å². The summed E-state index contributed by atoms with van der Waals surface area (Å²) in [5.74, 6) is 1.83. The standard InChI is InChI=1S/C27H22N2O/c1-19-28-25-16-15-23(17-26(25)29-19)21-11-13-22(14-12-21)24-9-5-6-10-27(24)30-18-20-7-3-2-4-8-20/h2-17H,18H2,1H3,(H,28,29). The number of fused-ring (bicyclic) bond motifs is 1. The number of hydrogen-bond donors (Lipinski definition) is 1. The minimum atomic E-state index is 0.555. The minimum absolute atomic E-state index is 0.555. The van der Waals surface area contributed by atoms with Crippen LogP contribution in [0.15, 0.2) is 97.1 Å². The fourth-order valence-electron chi connectivity index (χ4n) is 3.73. The molecular formula is C27H22N2O. The van der Waals surface area contributed by atoms with E-state index in [4.69, 9.17) is 4.74 Å². The molecule has 0 radical (unpaired) electrons. The highest BCUT2D eigenvalue weighted by Gasteiger charge is 2.08. The van der Waals surface area contributed by atoms with E-state index in [1.54, 1.807) is 0 Å². The second-order valence-corrected chi connectivity index (χ2v) is 7.40. The number of aryl methyl sites for hydroxylation is 1. The molecule has 0 aliphatic carbocycles. The molecule has 146 valence electrons. The summed E-state index contributed by atoms with van der Waals surface area (Å²) in [4.78, 5) is 7.79. The summed E-state index contributed by atoms with van der Waals surface area (Å²) >= 11 is 0. The molecule has 5 rings (SSSR count). The first-order chi connectivity index (χ1) is 14.8. The van der Waals surface area contributed by atoms with E-state index in [0.29, 0.717) is 6.61 Å². The molecule has 3 heteroatoms. The molecule has 0 saturated carbocycles. The highest BCUT2D eigenvalue weighted by Crippen LogP contribution is 2.32. The minimum Gasteiger partial charge on any atom is -0.488 e. The van der Waals surface area contributed by atoms with Crippen LogP contribution in [0.2, 0.25) is 0 Å². The zero-order valence-corrected chi connectivity index (χ0v) is 16.8. The first-order valence-electron chi connectivity index (χ1n) is 10.1. The summed E-state index contributed by atoms with van der Waals surface area (Å²) in [6, 6.07) is 33.4. The highest BCUT2D eigenvalue weighted by atomic mass is 16.5. The molecule has 0 unspecified atom stereocenters. The molecule has 0 atom stereocenters. The number of hydrogen-bond acceptors (Lipinski definition) is 2. The van der Waals surface area contributed by atoms with Gasteiger partial charge in [0.2, 0.25) is 0 Å². The predicted molar refractivity (Wildman–Crippen MR) is 122 cm³/mol. The second-order valence-electron chi connectivity index (χ2n) is 7.40. The zero-order valence-electron chi connectivity index (χ0n) is 16.8. The summed E-state index contributed by atoms with van der Waals surface area (Å²) in [5.41, 5.74) is 7.81. The van der Waals surface area contributed by atoms with Crippen molar-refractivity contribution in [3.8, 4) is 28.0 Å². The summed E-state index contributed by atoms with van der Waals surface area (Å²) < 4.78 is 6.13. The van der Waals surface area contributed by atoms with E-state index in [1.807, 2.05) is 43.3 Å². The molecule has 30 heavy (non-hydrogen) atoms. The maximum absolute atomic E-state index is 6.13. The van der Waals surface area contributed by atoms with E-state index >= 15 is 0 Å². The lowest BCUT2D eigenvalue weighted by atomic mass is 9.99. The van der Waals surface area contributed by atoms with Crippen LogP contribution in [0, 0.1) is 6.92 Å². The van der Waals surface area contributed by atoms with E-state index in [2.05, 4.69) is 70.6 Å². The SMILES string of the molecule is Cc1nc2ccc(-c3ccc(-c4ccccc4OCc4ccccc4)cc3)cc2[nH]1. The van der Waals surface area contributed by atoms with Gasteiger partial charge in [-0.05, 0) is 47.4 Å². The van der Waals surface area contributed by atoms with Crippen molar-refractivity contribution in [1.82, 2.24) is 9.97 Å². The van der Waals surface area contributed by atoms with Crippen molar-refractivity contribution in [2.24, 2.45) is 0 Å². The van der Waals surface area contributed by atoms with Crippen LogP contribution in [-0.2, 0) is 6.61 Å². The van der Waals surface area contributed by atoms with E-state index in [1.165, 1.54) is 11.1 Å². The number of aromatic amines is 1. The fourth-order valence-corrected chi connectivity index (χ4v) is 3.73. The number of H-pyrrole nitrogens is 1. The summed E-state index contributed by atoms with van der Waals surface area (Å²) in [7, 11) is 0. The summed E-state index contributed by atoms with van der Waals surface area (Å²) in [6.07, 6.45) is 0. The number of aromatic nitrogens is 2. The monoisotopic (exact) mass is 390 g/mol. The van der Waals surface area contributed by atoms with Crippen LogP contribution in [0.25, 0.3) is 33.3 Å². The molecule has 4 aromatic carbocycles. The number of ether oxygens (including phenoxy) is 1. The molecule has 1 heterocycles. The maximum Gasteiger partial charge on any atom is 0.127 e. The Bertz CT molecular complexity index is 1290. The van der Waals surface area contributed by atoms with Crippen LogP contribution in [-0.4, -0.2) is 9.97 Å². The Balaban J connectivity index is 1.41. The Kier molecular flexibility index (Phi) is 4.78. The van der Waals surface area contributed by atoms with Gasteiger partial charge in [-0.15, -0.1) is 0 Å². The summed E-state index contributed by atoms with van der Waals surface area (Å²) in [6.45, 7) is 2.53. The van der Waals surface area contributed by atoms with E-state index < -0.39 is 0 Å². The Morgan fingerprint density at radius 1 is 0.733 bits per heavy atom. The average molecular weight is 390 g/mol. The van der Waals surface area contributed by atoms with Gasteiger partial charge in [-0.2, -0.15) is 0 Å². The van der Waals surface area contributed by atoms with Crippen LogP contribution in [0.1, 0.15) is 11.4 Å². The summed E-state index contributed by atoms with van der Waals surface area (Å²) in [5, 5.41) is 0. The van der Waals surface area contributed by atoms with Gasteiger partial charge >= 0.3 is 0 Å². The number of nitrogens with one attached hydrogen (secondary N) is 1. The zero-order chi connectivity index (χ0) is 20.3. The highest BCUT2D eigenvalue weighted by molar-refractivity contribution is 5.82. The normalized spacial score (nSPS) is 11.0. The van der Waals surface area contributed by atoms with Gasteiger partial charge in [-0.25, -0.2) is 4.98 Å². The Labute approximate surface area is 176 Å². The molecule has 5 aromatic rings. The van der Waals surface area contributed by atoms with E-state index in [9.17, 15) is 0 Å². The topological polar surface area (TPSA) is 37.9 Å². The van der Waals surface area contributed by atoms with Gasteiger partial charge in [0.05, 0.1) is 11.0 Å². The van der Waals surface area contributed by atoms with Crippen molar-refractivity contribution >= 4 is 11.0 Å². The molecule has 0 fully saturated rings. The maximum atomic E-state index is 6.13. The van der Waals surface area contributed by atoms with Crippen LogP contribution >= 0.6 is 0 Å². The molecule has 1 aromatic heterocycles. The van der Waals surface area contributed by atoms with Crippen molar-refractivity contribution < 1.29 is 4.74 Å². The quantitative estimate of drug-likeness (QED) is 0.359. The molecule has 0 aliphatic heterocycles.